The molecule has 4 aromatic rings. The second-order valence-electron chi connectivity index (χ2n) is 8.15. The van der Waals surface area contributed by atoms with E-state index >= 15 is 0 Å². The lowest BCUT2D eigenvalue weighted by Crippen LogP contribution is -2.38. The van der Waals surface area contributed by atoms with Gasteiger partial charge in [-0.2, -0.15) is 0 Å². The number of anilines is 1. The number of aromatic nitrogens is 2. The monoisotopic (exact) mass is 498 g/mol. The number of halogens is 1. The molecule has 4 rings (SSSR count). The van der Waals surface area contributed by atoms with Crippen molar-refractivity contribution in [3.8, 4) is 22.7 Å². The maximum atomic E-state index is 13.3. The van der Waals surface area contributed by atoms with Crippen molar-refractivity contribution in [1.82, 2.24) is 14.5 Å². The van der Waals surface area contributed by atoms with Crippen molar-refractivity contribution >= 4 is 17.8 Å². The zero-order valence-electron chi connectivity index (χ0n) is 20.4. The summed E-state index contributed by atoms with van der Waals surface area (Å²) in [5.74, 6) is -0.309. The van der Waals surface area contributed by atoms with Crippen molar-refractivity contribution in [3.05, 3.63) is 109 Å². The van der Waals surface area contributed by atoms with Gasteiger partial charge in [0, 0.05) is 29.9 Å². The fraction of sp³-hybridized carbons (Fsp3) is 0.138. The van der Waals surface area contributed by atoms with Gasteiger partial charge in [0.2, 0.25) is 11.9 Å². The summed E-state index contributed by atoms with van der Waals surface area (Å²) in [4.78, 5) is 32.1. The van der Waals surface area contributed by atoms with Crippen molar-refractivity contribution in [2.45, 2.75) is 6.92 Å². The molecule has 0 aliphatic rings. The largest absolute Gasteiger partial charge is 0.494 e. The molecule has 1 aromatic heterocycles. The fourth-order valence-electron chi connectivity index (χ4n) is 3.79. The molecule has 1 N–H and O–H groups in total. The van der Waals surface area contributed by atoms with Gasteiger partial charge in [-0.3, -0.25) is 19.5 Å². The standard InChI is InChI=1S/C29H27FN4O3/c1-3-17-33(28(36)22-13-15-23(30)16-14-22)20-27(35)32-29-31-26(21-9-6-5-7-10-21)19-34(29)24-11-8-12-25(18-24)37-4-2/h3,5-16,18-19H,1,4,17,20H2,2H3,(H,31,32,35). The molecular formula is C29H27FN4O3. The van der Waals surface area contributed by atoms with E-state index in [2.05, 4.69) is 16.9 Å². The van der Waals surface area contributed by atoms with Crippen LogP contribution in [-0.2, 0) is 4.79 Å². The first-order valence-corrected chi connectivity index (χ1v) is 11.8. The van der Waals surface area contributed by atoms with Crippen LogP contribution in [-0.4, -0.2) is 46.0 Å². The number of nitrogens with one attached hydrogen (secondary N) is 1. The van der Waals surface area contributed by atoms with Crippen LogP contribution in [0, 0.1) is 5.82 Å². The third-order valence-electron chi connectivity index (χ3n) is 5.50. The number of imidazole rings is 1. The third kappa shape index (κ3) is 6.29. The Labute approximate surface area is 214 Å². The van der Waals surface area contributed by atoms with Gasteiger partial charge in [-0.15, -0.1) is 6.58 Å². The summed E-state index contributed by atoms with van der Waals surface area (Å²) in [6, 6.07) is 22.3. The van der Waals surface area contributed by atoms with Crippen LogP contribution in [0.25, 0.3) is 16.9 Å². The Morgan fingerprint density at radius 3 is 2.54 bits per heavy atom. The van der Waals surface area contributed by atoms with Crippen LogP contribution in [0.1, 0.15) is 17.3 Å². The van der Waals surface area contributed by atoms with Gasteiger partial charge >= 0.3 is 0 Å². The second-order valence-corrected chi connectivity index (χ2v) is 8.15. The minimum Gasteiger partial charge on any atom is -0.494 e. The van der Waals surface area contributed by atoms with E-state index in [0.717, 1.165) is 11.3 Å². The first-order valence-electron chi connectivity index (χ1n) is 11.8. The number of hydrogen-bond acceptors (Lipinski definition) is 4. The van der Waals surface area contributed by atoms with Gasteiger partial charge in [-0.1, -0.05) is 42.5 Å². The van der Waals surface area contributed by atoms with Crippen LogP contribution in [0.4, 0.5) is 10.3 Å². The summed E-state index contributed by atoms with van der Waals surface area (Å²) in [6.07, 6.45) is 3.36. The van der Waals surface area contributed by atoms with Gasteiger partial charge in [-0.05, 0) is 43.3 Å². The summed E-state index contributed by atoms with van der Waals surface area (Å²) in [5.41, 5.74) is 2.58. The van der Waals surface area contributed by atoms with E-state index in [0.29, 0.717) is 24.0 Å². The zero-order valence-corrected chi connectivity index (χ0v) is 20.4. The van der Waals surface area contributed by atoms with Gasteiger partial charge in [-0.25, -0.2) is 9.37 Å². The Morgan fingerprint density at radius 2 is 1.84 bits per heavy atom. The van der Waals surface area contributed by atoms with Crippen molar-refractivity contribution in [2.75, 3.05) is 25.0 Å². The van der Waals surface area contributed by atoms with Crippen LogP contribution in [0.15, 0.2) is 97.7 Å². The third-order valence-corrected chi connectivity index (χ3v) is 5.50. The predicted octanol–water partition coefficient (Wildman–Crippen LogP) is 5.34. The lowest BCUT2D eigenvalue weighted by molar-refractivity contribution is -0.116. The van der Waals surface area contributed by atoms with Crippen LogP contribution in [0.2, 0.25) is 0 Å². The Bertz CT molecular complexity index is 1380. The first-order chi connectivity index (χ1) is 18.0. The fourth-order valence-corrected chi connectivity index (χ4v) is 3.79. The van der Waals surface area contributed by atoms with E-state index in [1.807, 2.05) is 67.7 Å². The highest BCUT2D eigenvalue weighted by molar-refractivity contribution is 5.99. The average molecular weight is 499 g/mol. The Hall–Kier alpha value is -4.72. The molecule has 0 saturated carbocycles. The topological polar surface area (TPSA) is 76.5 Å². The maximum Gasteiger partial charge on any atom is 0.254 e. The molecule has 0 saturated heterocycles. The van der Waals surface area contributed by atoms with E-state index in [9.17, 15) is 14.0 Å². The molecule has 0 spiro atoms. The summed E-state index contributed by atoms with van der Waals surface area (Å²) >= 11 is 0. The predicted molar refractivity (Wildman–Crippen MR) is 141 cm³/mol. The average Bonchev–Trinajstić information content (AvgIpc) is 3.33. The SMILES string of the molecule is C=CCN(CC(=O)Nc1nc(-c2ccccc2)cn1-c1cccc(OCC)c1)C(=O)c1ccc(F)cc1. The highest BCUT2D eigenvalue weighted by atomic mass is 19.1. The van der Waals surface area contributed by atoms with Crippen LogP contribution < -0.4 is 10.1 Å². The van der Waals surface area contributed by atoms with Crippen molar-refractivity contribution in [2.24, 2.45) is 0 Å². The quantitative estimate of drug-likeness (QED) is 0.299. The number of ether oxygens (including phenoxy) is 1. The summed E-state index contributed by atoms with van der Waals surface area (Å²) in [5, 5.41) is 2.84. The number of carbonyl (C=O) groups is 2. The van der Waals surface area contributed by atoms with Gasteiger partial charge in [0.15, 0.2) is 0 Å². The van der Waals surface area contributed by atoms with E-state index in [-0.39, 0.29) is 18.7 Å². The Morgan fingerprint density at radius 1 is 1.08 bits per heavy atom. The smallest absolute Gasteiger partial charge is 0.254 e. The Balaban J connectivity index is 1.62. The summed E-state index contributed by atoms with van der Waals surface area (Å²) in [7, 11) is 0. The van der Waals surface area contributed by atoms with E-state index < -0.39 is 17.6 Å². The van der Waals surface area contributed by atoms with Crippen molar-refractivity contribution in [1.29, 1.82) is 0 Å². The first kappa shape index (κ1) is 25.4. The minimum atomic E-state index is -0.445. The molecule has 0 atom stereocenters. The molecule has 0 fully saturated rings. The normalized spacial score (nSPS) is 10.5. The highest BCUT2D eigenvalue weighted by Crippen LogP contribution is 2.26. The second kappa shape index (κ2) is 11.8. The summed E-state index contributed by atoms with van der Waals surface area (Å²) in [6.45, 7) is 6.01. The van der Waals surface area contributed by atoms with Crippen molar-refractivity contribution in [3.63, 3.8) is 0 Å². The van der Waals surface area contributed by atoms with Crippen LogP contribution >= 0.6 is 0 Å². The molecule has 188 valence electrons. The molecule has 8 heteroatoms. The number of benzene rings is 3. The minimum absolute atomic E-state index is 0.143. The van der Waals surface area contributed by atoms with Crippen LogP contribution in [0.3, 0.4) is 0 Å². The molecule has 0 aliphatic heterocycles. The molecular weight excluding hydrogens is 471 g/mol. The highest BCUT2D eigenvalue weighted by Gasteiger charge is 2.20. The molecule has 37 heavy (non-hydrogen) atoms. The van der Waals surface area contributed by atoms with Gasteiger partial charge in [0.1, 0.15) is 18.1 Å². The maximum absolute atomic E-state index is 13.3. The molecule has 2 amide bonds. The Kier molecular flexibility index (Phi) is 8.10. The zero-order chi connectivity index (χ0) is 26.2. The molecule has 0 aliphatic carbocycles. The lowest BCUT2D eigenvalue weighted by Gasteiger charge is -2.21. The summed E-state index contributed by atoms with van der Waals surface area (Å²) < 4.78 is 20.7. The number of carbonyl (C=O) groups excluding carboxylic acids is 2. The van der Waals surface area contributed by atoms with E-state index in [1.54, 1.807) is 4.57 Å². The molecule has 7 nitrogen and oxygen atoms in total. The number of hydrogen-bond donors (Lipinski definition) is 1. The number of rotatable bonds is 10. The molecule has 3 aromatic carbocycles. The van der Waals surface area contributed by atoms with Gasteiger partial charge in [0.05, 0.1) is 18.0 Å². The van der Waals surface area contributed by atoms with Gasteiger partial charge in [0.25, 0.3) is 5.91 Å². The van der Waals surface area contributed by atoms with Crippen LogP contribution in [0.5, 0.6) is 5.75 Å². The molecule has 0 unspecified atom stereocenters. The van der Waals surface area contributed by atoms with Gasteiger partial charge < -0.3 is 9.64 Å². The molecule has 1 heterocycles. The van der Waals surface area contributed by atoms with E-state index in [1.165, 1.54) is 35.2 Å². The lowest BCUT2D eigenvalue weighted by atomic mass is 10.2. The molecule has 0 radical (unpaired) electrons. The molecule has 0 bridgehead atoms. The van der Waals surface area contributed by atoms with Crippen molar-refractivity contribution < 1.29 is 18.7 Å². The number of amides is 2. The van der Waals surface area contributed by atoms with E-state index in [4.69, 9.17) is 4.74 Å². The number of nitrogens with zero attached hydrogens (tertiary/aromatic N) is 3.